The van der Waals surface area contributed by atoms with Gasteiger partial charge in [-0.1, -0.05) is 69.2 Å². The van der Waals surface area contributed by atoms with Crippen molar-refractivity contribution < 1.29 is 9.63 Å². The molecular weight excluding hydrogens is 402 g/mol. The lowest BCUT2D eigenvalue weighted by atomic mass is 10.1. The van der Waals surface area contributed by atoms with Crippen molar-refractivity contribution in [3.63, 3.8) is 0 Å². The number of anilines is 1. The van der Waals surface area contributed by atoms with E-state index in [1.165, 1.54) is 23.9 Å². The number of halogens is 1. The van der Waals surface area contributed by atoms with E-state index in [1.807, 2.05) is 60.7 Å². The Kier molecular flexibility index (Phi) is 5.24. The van der Waals surface area contributed by atoms with Gasteiger partial charge in [-0.3, -0.25) is 4.79 Å². The summed E-state index contributed by atoms with van der Waals surface area (Å²) in [7, 11) is 1.45. The van der Waals surface area contributed by atoms with Crippen LogP contribution in [0.15, 0.2) is 75.8 Å². The van der Waals surface area contributed by atoms with Crippen molar-refractivity contribution in [2.24, 2.45) is 10.3 Å². The van der Waals surface area contributed by atoms with Gasteiger partial charge in [0, 0.05) is 4.90 Å². The van der Waals surface area contributed by atoms with E-state index in [2.05, 4.69) is 26.2 Å². The van der Waals surface area contributed by atoms with Gasteiger partial charge >= 0.3 is 0 Å². The third-order valence-electron chi connectivity index (χ3n) is 3.66. The molecule has 0 spiro atoms. The summed E-state index contributed by atoms with van der Waals surface area (Å²) in [5.41, 5.74) is 1.19. The van der Waals surface area contributed by atoms with Gasteiger partial charge in [0.15, 0.2) is 4.32 Å². The number of carbonyl (C=O) groups excluding carboxylic acids is 1. The molecule has 1 unspecified atom stereocenters. The first-order chi connectivity index (χ1) is 12.1. The largest absolute Gasteiger partial charge is 0.399 e. The van der Waals surface area contributed by atoms with Gasteiger partial charge in [-0.25, -0.2) is 0 Å². The second kappa shape index (κ2) is 7.41. The van der Waals surface area contributed by atoms with Crippen LogP contribution in [0.4, 0.5) is 5.69 Å². The van der Waals surface area contributed by atoms with Gasteiger partial charge in [0.05, 0.1) is 11.4 Å². The van der Waals surface area contributed by atoms with Crippen LogP contribution >= 0.6 is 27.7 Å². The summed E-state index contributed by atoms with van der Waals surface area (Å²) >= 11 is 5.00. The smallest absolute Gasteiger partial charge is 0.277 e. The van der Waals surface area contributed by atoms with Crippen LogP contribution in [-0.2, 0) is 9.63 Å². The maximum absolute atomic E-state index is 13.2. The number of alkyl halides is 1. The molecule has 1 atom stereocenters. The Morgan fingerprint density at radius 1 is 1.16 bits per heavy atom. The van der Waals surface area contributed by atoms with Crippen LogP contribution in [0, 0.1) is 0 Å². The van der Waals surface area contributed by atoms with E-state index < -0.39 is 4.32 Å². The molecule has 1 amide bonds. The summed E-state index contributed by atoms with van der Waals surface area (Å²) in [5.74, 6) is -0.226. The molecule has 5 nitrogen and oxygen atoms in total. The number of amides is 1. The molecule has 1 aliphatic rings. The molecule has 128 valence electrons. The highest BCUT2D eigenvalue weighted by atomic mass is 79.9. The van der Waals surface area contributed by atoms with Crippen molar-refractivity contribution in [3.05, 3.63) is 60.7 Å². The maximum Gasteiger partial charge on any atom is 0.277 e. The number of hydrazone groups is 1. The first kappa shape index (κ1) is 17.7. The molecule has 25 heavy (non-hydrogen) atoms. The molecule has 2 aromatic rings. The van der Waals surface area contributed by atoms with Crippen molar-refractivity contribution in [1.82, 2.24) is 0 Å². The number of rotatable bonds is 4. The summed E-state index contributed by atoms with van der Waals surface area (Å²) < 4.78 is -1.15. The summed E-state index contributed by atoms with van der Waals surface area (Å²) in [5, 5.41) is 10.5. The van der Waals surface area contributed by atoms with Gasteiger partial charge in [0.25, 0.3) is 5.91 Å². The molecule has 0 aliphatic carbocycles. The Morgan fingerprint density at radius 2 is 1.76 bits per heavy atom. The monoisotopic (exact) mass is 417 g/mol. The number of benzene rings is 2. The number of oxime groups is 1. The van der Waals surface area contributed by atoms with Gasteiger partial charge in [-0.05, 0) is 31.2 Å². The van der Waals surface area contributed by atoms with Crippen molar-refractivity contribution in [2.75, 3.05) is 12.1 Å². The number of hydrogen-bond donors (Lipinski definition) is 0. The van der Waals surface area contributed by atoms with Gasteiger partial charge in [0.2, 0.25) is 0 Å². The number of thioether (sulfide) groups is 1. The third-order valence-corrected chi connectivity index (χ3v) is 6.30. The van der Waals surface area contributed by atoms with Crippen LogP contribution in [0.25, 0.3) is 0 Å². The Labute approximate surface area is 158 Å². The zero-order valence-electron chi connectivity index (χ0n) is 13.7. The van der Waals surface area contributed by atoms with Crippen LogP contribution in [0.3, 0.4) is 0 Å². The Morgan fingerprint density at radius 3 is 2.36 bits per heavy atom. The molecule has 0 saturated heterocycles. The second-order valence-electron chi connectivity index (χ2n) is 5.29. The Balaban J connectivity index is 2.05. The van der Waals surface area contributed by atoms with Gasteiger partial charge < -0.3 is 4.84 Å². The van der Waals surface area contributed by atoms with E-state index in [0.29, 0.717) is 16.4 Å². The molecule has 0 radical (unpaired) electrons. The molecule has 1 heterocycles. The molecule has 0 bridgehead atoms. The lowest BCUT2D eigenvalue weighted by Gasteiger charge is -2.21. The average Bonchev–Trinajstić information content (AvgIpc) is 2.90. The summed E-state index contributed by atoms with van der Waals surface area (Å²) in [4.78, 5) is 19.0. The molecule has 3 rings (SSSR count). The normalized spacial score (nSPS) is 20.6. The van der Waals surface area contributed by atoms with Crippen LogP contribution in [0.5, 0.6) is 0 Å². The zero-order chi connectivity index (χ0) is 17.9. The predicted octanol–water partition coefficient (Wildman–Crippen LogP) is 4.30. The van der Waals surface area contributed by atoms with E-state index >= 15 is 0 Å². The highest BCUT2D eigenvalue weighted by Crippen LogP contribution is 2.40. The summed E-state index contributed by atoms with van der Waals surface area (Å²) in [6.07, 6.45) is 0. The summed E-state index contributed by atoms with van der Waals surface area (Å²) in [6, 6.07) is 19.1. The number of para-hydroxylation sites is 1. The second-order valence-corrected chi connectivity index (χ2v) is 7.54. The van der Waals surface area contributed by atoms with Crippen molar-refractivity contribution >= 4 is 50.0 Å². The molecule has 0 fully saturated rings. The highest BCUT2D eigenvalue weighted by Gasteiger charge is 2.53. The number of nitrogens with zero attached hydrogens (tertiary/aromatic N) is 3. The van der Waals surface area contributed by atoms with E-state index in [9.17, 15) is 4.79 Å². The minimum absolute atomic E-state index is 0.226. The maximum atomic E-state index is 13.2. The first-order valence-corrected chi connectivity index (χ1v) is 9.17. The van der Waals surface area contributed by atoms with Crippen molar-refractivity contribution in [3.8, 4) is 0 Å². The quantitative estimate of drug-likeness (QED) is 0.423. The highest BCUT2D eigenvalue weighted by molar-refractivity contribution is 9.11. The number of carbonyl (C=O) groups is 1. The molecule has 7 heteroatoms. The first-order valence-electron chi connectivity index (χ1n) is 7.56. The molecule has 2 aromatic carbocycles. The molecular formula is C18H16BrN3O2S. The topological polar surface area (TPSA) is 54.3 Å². The van der Waals surface area contributed by atoms with Crippen LogP contribution in [0.1, 0.15) is 6.92 Å². The lowest BCUT2D eigenvalue weighted by Crippen LogP contribution is -2.46. The fraction of sp³-hybridized carbons (Fsp3) is 0.167. The zero-order valence-corrected chi connectivity index (χ0v) is 16.1. The molecule has 0 saturated carbocycles. The summed E-state index contributed by atoms with van der Waals surface area (Å²) in [6.45, 7) is 1.74. The van der Waals surface area contributed by atoms with E-state index in [-0.39, 0.29) is 5.91 Å². The molecule has 0 aromatic heterocycles. The van der Waals surface area contributed by atoms with Crippen LogP contribution in [-0.4, -0.2) is 28.1 Å². The SMILES string of the molecule is CO/N=C(\C)C1(Br)C(=O)N(c2ccccc2)N=C1Sc1ccccc1. The molecule has 0 N–H and O–H groups in total. The standard InChI is InChI=1S/C18H16BrN3O2S/c1-13(21-24-2)18(19)16(25-15-11-7-4-8-12-15)20-22(17(18)23)14-9-5-3-6-10-14/h3-12H,1-2H3/b21-13+. The van der Waals surface area contributed by atoms with Crippen LogP contribution in [0.2, 0.25) is 0 Å². The minimum atomic E-state index is -1.15. The Hall–Kier alpha value is -2.12. The third kappa shape index (κ3) is 3.34. The fourth-order valence-electron chi connectivity index (χ4n) is 2.39. The van der Waals surface area contributed by atoms with Gasteiger partial charge in [0.1, 0.15) is 12.2 Å². The molecule has 1 aliphatic heterocycles. The van der Waals surface area contributed by atoms with Crippen molar-refractivity contribution in [2.45, 2.75) is 16.1 Å². The lowest BCUT2D eigenvalue weighted by molar-refractivity contribution is -0.117. The fourth-order valence-corrected chi connectivity index (χ4v) is 3.96. The van der Waals surface area contributed by atoms with E-state index in [4.69, 9.17) is 4.84 Å². The van der Waals surface area contributed by atoms with Crippen molar-refractivity contribution in [1.29, 1.82) is 0 Å². The predicted molar refractivity (Wildman–Crippen MR) is 105 cm³/mol. The van der Waals surface area contributed by atoms with E-state index in [1.54, 1.807) is 6.92 Å². The van der Waals surface area contributed by atoms with Crippen LogP contribution < -0.4 is 5.01 Å². The van der Waals surface area contributed by atoms with E-state index in [0.717, 1.165) is 4.90 Å². The minimum Gasteiger partial charge on any atom is -0.399 e. The van der Waals surface area contributed by atoms with Gasteiger partial charge in [-0.2, -0.15) is 10.1 Å². The average molecular weight is 418 g/mol. The van der Waals surface area contributed by atoms with Gasteiger partial charge in [-0.15, -0.1) is 0 Å². The number of hydrogen-bond acceptors (Lipinski definition) is 5. The Bertz CT molecular complexity index is 827.